The second-order valence-electron chi connectivity index (χ2n) is 4.15. The summed E-state index contributed by atoms with van der Waals surface area (Å²) in [5.41, 5.74) is 0.186. The maximum Gasteiger partial charge on any atom is 0.325 e. The number of carboxylic acids is 1. The third kappa shape index (κ3) is 3.60. The molecule has 1 heterocycles. The summed E-state index contributed by atoms with van der Waals surface area (Å²) in [6.45, 7) is 3.22. The summed E-state index contributed by atoms with van der Waals surface area (Å²) < 4.78 is 23.8. The Labute approximate surface area is 114 Å². The minimum Gasteiger partial charge on any atom is -0.480 e. The summed E-state index contributed by atoms with van der Waals surface area (Å²) in [6, 6.07) is 0. The van der Waals surface area contributed by atoms with Crippen molar-refractivity contribution in [3.05, 3.63) is 10.8 Å². The highest BCUT2D eigenvalue weighted by Crippen LogP contribution is 2.29. The summed E-state index contributed by atoms with van der Waals surface area (Å²) in [7, 11) is 1.23. The van der Waals surface area contributed by atoms with Crippen molar-refractivity contribution in [1.82, 2.24) is 9.78 Å². The summed E-state index contributed by atoms with van der Waals surface area (Å²) >= 11 is 5.82. The van der Waals surface area contributed by atoms with Crippen LogP contribution in [0.3, 0.4) is 0 Å². The molecule has 0 aliphatic rings. The topological polar surface area (TPSA) is 89.3 Å². The lowest BCUT2D eigenvalue weighted by molar-refractivity contribution is -0.137. The Kier molecular flexibility index (Phi) is 4.63. The number of carbonyl (C=O) groups is 1. The van der Waals surface area contributed by atoms with E-state index in [1.54, 1.807) is 0 Å². The zero-order chi connectivity index (χ0) is 14.1. The van der Waals surface area contributed by atoms with Gasteiger partial charge in [-0.2, -0.15) is 5.10 Å². The Bertz CT molecular complexity index is 565. The summed E-state index contributed by atoms with van der Waals surface area (Å²) in [5, 5.41) is 12.3. The number of carboxylic acid groups (broad SMARTS) is 1. The van der Waals surface area contributed by atoms with Crippen LogP contribution < -0.4 is 0 Å². The van der Waals surface area contributed by atoms with E-state index in [1.165, 1.54) is 0 Å². The predicted octanol–water partition coefficient (Wildman–Crippen LogP) is 1.75. The Balaban J connectivity index is 3.36. The minimum absolute atomic E-state index is 0.131. The first-order valence-corrected chi connectivity index (χ1v) is 7.73. The number of aromatic nitrogens is 2. The molecular formula is C9H12Cl2N2O4S. The molecule has 0 saturated heterocycles. The quantitative estimate of drug-likeness (QED) is 0.836. The molecule has 0 spiro atoms. The Morgan fingerprint density at radius 1 is 1.50 bits per heavy atom. The average molecular weight is 315 g/mol. The van der Waals surface area contributed by atoms with Crippen LogP contribution in [0.25, 0.3) is 0 Å². The normalized spacial score (nSPS) is 12.1. The highest BCUT2D eigenvalue weighted by molar-refractivity contribution is 8.13. The van der Waals surface area contributed by atoms with Crippen molar-refractivity contribution >= 4 is 37.3 Å². The van der Waals surface area contributed by atoms with E-state index in [9.17, 15) is 13.2 Å². The molecule has 102 valence electrons. The van der Waals surface area contributed by atoms with Gasteiger partial charge in [0.1, 0.15) is 16.6 Å². The third-order valence-corrected chi connectivity index (χ3v) is 3.92. The van der Waals surface area contributed by atoms with Crippen LogP contribution in [-0.2, 0) is 26.8 Å². The largest absolute Gasteiger partial charge is 0.480 e. The van der Waals surface area contributed by atoms with Crippen molar-refractivity contribution in [2.75, 3.05) is 0 Å². The molecule has 6 nitrogen and oxygen atoms in total. The fourth-order valence-electron chi connectivity index (χ4n) is 1.47. The van der Waals surface area contributed by atoms with Crippen LogP contribution in [-0.4, -0.2) is 29.3 Å². The van der Waals surface area contributed by atoms with E-state index < -0.39 is 21.6 Å². The van der Waals surface area contributed by atoms with Gasteiger partial charge in [-0.3, -0.25) is 4.79 Å². The number of halogens is 2. The summed E-state index contributed by atoms with van der Waals surface area (Å²) in [4.78, 5) is 10.3. The maximum atomic E-state index is 11.4. The lowest BCUT2D eigenvalue weighted by atomic mass is 10.1. The van der Waals surface area contributed by atoms with Crippen LogP contribution in [0, 0.1) is 5.92 Å². The van der Waals surface area contributed by atoms with E-state index in [0.717, 1.165) is 4.68 Å². The number of hydrogen-bond donors (Lipinski definition) is 1. The van der Waals surface area contributed by atoms with Crippen molar-refractivity contribution in [2.45, 2.75) is 31.7 Å². The van der Waals surface area contributed by atoms with E-state index in [2.05, 4.69) is 5.10 Å². The van der Waals surface area contributed by atoms with Crippen molar-refractivity contribution in [1.29, 1.82) is 0 Å². The predicted molar refractivity (Wildman–Crippen MR) is 66.5 cm³/mol. The van der Waals surface area contributed by atoms with Crippen LogP contribution >= 0.6 is 22.3 Å². The lowest BCUT2D eigenvalue weighted by Gasteiger charge is -2.02. The maximum absolute atomic E-state index is 11.4. The molecule has 0 radical (unpaired) electrons. The molecule has 0 unspecified atom stereocenters. The van der Waals surface area contributed by atoms with E-state index in [0.29, 0.717) is 6.42 Å². The van der Waals surface area contributed by atoms with E-state index >= 15 is 0 Å². The Morgan fingerprint density at radius 2 is 2.06 bits per heavy atom. The molecule has 1 N–H and O–H groups in total. The number of nitrogens with zero attached hydrogens (tertiary/aromatic N) is 2. The van der Waals surface area contributed by atoms with Gasteiger partial charge in [-0.1, -0.05) is 25.4 Å². The van der Waals surface area contributed by atoms with Gasteiger partial charge >= 0.3 is 5.97 Å². The first-order chi connectivity index (χ1) is 8.12. The fourth-order valence-corrected chi connectivity index (χ4v) is 3.29. The van der Waals surface area contributed by atoms with Crippen LogP contribution in [0.1, 0.15) is 19.5 Å². The molecule has 0 atom stereocenters. The van der Waals surface area contributed by atoms with E-state index in [4.69, 9.17) is 27.4 Å². The molecule has 9 heteroatoms. The molecule has 1 rings (SSSR count). The molecule has 0 amide bonds. The Morgan fingerprint density at radius 3 is 2.44 bits per heavy atom. The van der Waals surface area contributed by atoms with Gasteiger partial charge in [0, 0.05) is 10.7 Å². The van der Waals surface area contributed by atoms with Crippen LogP contribution in [0.15, 0.2) is 4.90 Å². The zero-order valence-corrected chi connectivity index (χ0v) is 12.1. The van der Waals surface area contributed by atoms with Crippen LogP contribution in [0.4, 0.5) is 0 Å². The van der Waals surface area contributed by atoms with Crippen molar-refractivity contribution in [3.63, 3.8) is 0 Å². The van der Waals surface area contributed by atoms with Gasteiger partial charge in [0.15, 0.2) is 0 Å². The number of aliphatic carboxylic acids is 1. The number of hydrogen-bond acceptors (Lipinski definition) is 4. The molecule has 0 aliphatic heterocycles. The summed E-state index contributed by atoms with van der Waals surface area (Å²) in [5.74, 6) is -1.04. The average Bonchev–Trinajstić information content (AvgIpc) is 2.39. The molecule has 0 fully saturated rings. The second kappa shape index (κ2) is 5.46. The molecular weight excluding hydrogens is 303 g/mol. The Hall–Kier alpha value is -0.790. The van der Waals surface area contributed by atoms with Gasteiger partial charge in [-0.25, -0.2) is 13.1 Å². The van der Waals surface area contributed by atoms with E-state index in [-0.39, 0.29) is 21.7 Å². The number of rotatable bonds is 5. The molecule has 0 aliphatic carbocycles. The van der Waals surface area contributed by atoms with Crippen molar-refractivity contribution < 1.29 is 18.3 Å². The smallest absolute Gasteiger partial charge is 0.325 e. The summed E-state index contributed by atoms with van der Waals surface area (Å²) in [6.07, 6.45) is 0.341. The van der Waals surface area contributed by atoms with Crippen molar-refractivity contribution in [3.8, 4) is 0 Å². The molecule has 0 aromatic carbocycles. The van der Waals surface area contributed by atoms with Crippen LogP contribution in [0.5, 0.6) is 0 Å². The van der Waals surface area contributed by atoms with E-state index in [1.807, 2.05) is 13.8 Å². The van der Waals surface area contributed by atoms with Gasteiger partial charge in [0.25, 0.3) is 9.05 Å². The van der Waals surface area contributed by atoms with Gasteiger partial charge < -0.3 is 5.11 Å². The molecule has 1 aromatic rings. The first-order valence-electron chi connectivity index (χ1n) is 5.04. The zero-order valence-electron chi connectivity index (χ0n) is 9.72. The highest BCUT2D eigenvalue weighted by Gasteiger charge is 2.27. The molecule has 18 heavy (non-hydrogen) atoms. The van der Waals surface area contributed by atoms with Crippen LogP contribution in [0.2, 0.25) is 5.15 Å². The first kappa shape index (κ1) is 15.3. The minimum atomic E-state index is -4.06. The van der Waals surface area contributed by atoms with Gasteiger partial charge in [0.2, 0.25) is 0 Å². The van der Waals surface area contributed by atoms with Gasteiger partial charge in [-0.15, -0.1) is 0 Å². The van der Waals surface area contributed by atoms with Crippen molar-refractivity contribution in [2.24, 2.45) is 5.92 Å². The lowest BCUT2D eigenvalue weighted by Crippen LogP contribution is -2.10. The van der Waals surface area contributed by atoms with Gasteiger partial charge in [-0.05, 0) is 12.3 Å². The highest BCUT2D eigenvalue weighted by atomic mass is 35.7. The standard InChI is InChI=1S/C9H12Cl2N2O4S/c1-5(2)3-6-8(18(11,16)17)9(10)13(12-6)4-7(14)15/h5H,3-4H2,1-2H3,(H,14,15). The fraction of sp³-hybridized carbons (Fsp3) is 0.556. The molecule has 1 aromatic heterocycles. The SMILES string of the molecule is CC(C)Cc1nn(CC(=O)O)c(Cl)c1S(=O)(=O)Cl. The second-order valence-corrected chi connectivity index (χ2v) is 7.01. The van der Waals surface area contributed by atoms with Gasteiger partial charge in [0.05, 0.1) is 5.69 Å². The molecule has 0 bridgehead atoms. The monoisotopic (exact) mass is 314 g/mol. The third-order valence-electron chi connectivity index (χ3n) is 2.05. The molecule has 0 saturated carbocycles.